The van der Waals surface area contributed by atoms with E-state index in [1.54, 1.807) is 30.2 Å². The van der Waals surface area contributed by atoms with Crippen LogP contribution in [0.25, 0.3) is 0 Å². The van der Waals surface area contributed by atoms with Gasteiger partial charge in [-0.05, 0) is 18.2 Å². The Labute approximate surface area is 99.2 Å². The van der Waals surface area contributed by atoms with Crippen molar-refractivity contribution in [3.8, 4) is 11.8 Å². The third kappa shape index (κ3) is 2.31. The van der Waals surface area contributed by atoms with Crippen molar-refractivity contribution < 1.29 is 14.3 Å². The van der Waals surface area contributed by atoms with Crippen molar-refractivity contribution in [1.82, 2.24) is 4.90 Å². The first-order valence-corrected chi connectivity index (χ1v) is 5.23. The lowest BCUT2D eigenvalue weighted by atomic mass is 10.1. The second-order valence-electron chi connectivity index (χ2n) is 3.67. The van der Waals surface area contributed by atoms with E-state index in [0.717, 1.165) is 5.56 Å². The smallest absolute Gasteiger partial charge is 0.410 e. The Balaban J connectivity index is 2.24. The largest absolute Gasteiger partial charge is 0.496 e. The first-order chi connectivity index (χ1) is 8.24. The number of benzene rings is 1. The van der Waals surface area contributed by atoms with Crippen LogP contribution in [0.15, 0.2) is 18.2 Å². The van der Waals surface area contributed by atoms with Crippen LogP contribution >= 0.6 is 0 Å². The SMILES string of the molecule is COc1ccc(C#N)cc1CN1CCOC1=O. The van der Waals surface area contributed by atoms with E-state index in [2.05, 4.69) is 6.07 Å². The number of amides is 1. The molecule has 1 heterocycles. The van der Waals surface area contributed by atoms with Gasteiger partial charge in [-0.15, -0.1) is 0 Å². The zero-order valence-corrected chi connectivity index (χ0v) is 9.47. The van der Waals surface area contributed by atoms with Gasteiger partial charge in [0.1, 0.15) is 12.4 Å². The summed E-state index contributed by atoms with van der Waals surface area (Å²) in [6.07, 6.45) is -0.325. The van der Waals surface area contributed by atoms with Gasteiger partial charge in [0, 0.05) is 5.56 Å². The number of ether oxygens (including phenoxy) is 2. The molecule has 0 spiro atoms. The monoisotopic (exact) mass is 232 g/mol. The van der Waals surface area contributed by atoms with Gasteiger partial charge in [-0.3, -0.25) is 0 Å². The molecule has 0 saturated carbocycles. The summed E-state index contributed by atoms with van der Waals surface area (Å²) in [6, 6.07) is 7.21. The van der Waals surface area contributed by atoms with Crippen LogP contribution < -0.4 is 4.74 Å². The molecule has 0 atom stereocenters. The van der Waals surface area contributed by atoms with Gasteiger partial charge in [-0.25, -0.2) is 4.79 Å². The Hall–Kier alpha value is -2.22. The molecule has 5 heteroatoms. The molecule has 1 aromatic rings. The summed E-state index contributed by atoms with van der Waals surface area (Å²) >= 11 is 0. The Morgan fingerprint density at radius 1 is 1.59 bits per heavy atom. The van der Waals surface area contributed by atoms with Crippen LogP contribution in [0, 0.1) is 11.3 Å². The minimum atomic E-state index is -0.325. The Bertz CT molecular complexity index is 479. The van der Waals surface area contributed by atoms with Crippen LogP contribution in [0.2, 0.25) is 0 Å². The molecule has 0 radical (unpaired) electrons. The van der Waals surface area contributed by atoms with E-state index in [9.17, 15) is 4.79 Å². The van der Waals surface area contributed by atoms with Gasteiger partial charge in [-0.1, -0.05) is 0 Å². The van der Waals surface area contributed by atoms with Gasteiger partial charge < -0.3 is 14.4 Å². The number of nitriles is 1. The van der Waals surface area contributed by atoms with Crippen molar-refractivity contribution >= 4 is 6.09 Å². The van der Waals surface area contributed by atoms with Gasteiger partial charge in [0.15, 0.2) is 0 Å². The number of rotatable bonds is 3. The van der Waals surface area contributed by atoms with Gasteiger partial charge >= 0.3 is 6.09 Å². The maximum atomic E-state index is 11.3. The first kappa shape index (κ1) is 11.3. The average molecular weight is 232 g/mol. The summed E-state index contributed by atoms with van der Waals surface area (Å²) in [5.74, 6) is 0.670. The highest BCUT2D eigenvalue weighted by atomic mass is 16.6. The van der Waals surface area contributed by atoms with Crippen LogP contribution in [0.4, 0.5) is 4.79 Å². The molecule has 1 amide bonds. The third-order valence-electron chi connectivity index (χ3n) is 2.62. The summed E-state index contributed by atoms with van der Waals surface area (Å²) in [4.78, 5) is 12.9. The topological polar surface area (TPSA) is 62.6 Å². The van der Waals surface area contributed by atoms with Gasteiger partial charge in [0.2, 0.25) is 0 Å². The number of hydrogen-bond donors (Lipinski definition) is 0. The molecular weight excluding hydrogens is 220 g/mol. The van der Waals surface area contributed by atoms with Crippen LogP contribution in [0.5, 0.6) is 5.75 Å². The average Bonchev–Trinajstić information content (AvgIpc) is 2.75. The molecule has 0 N–H and O–H groups in total. The second-order valence-corrected chi connectivity index (χ2v) is 3.67. The summed E-state index contributed by atoms with van der Waals surface area (Å²) in [5, 5.41) is 8.84. The van der Waals surface area contributed by atoms with E-state index in [4.69, 9.17) is 14.7 Å². The van der Waals surface area contributed by atoms with Crippen molar-refractivity contribution in [2.45, 2.75) is 6.54 Å². The minimum absolute atomic E-state index is 0.325. The van der Waals surface area contributed by atoms with E-state index in [0.29, 0.717) is 31.0 Å². The molecule has 1 aliphatic rings. The fraction of sp³-hybridized carbons (Fsp3) is 0.333. The van der Waals surface area contributed by atoms with E-state index in [1.165, 1.54) is 0 Å². The minimum Gasteiger partial charge on any atom is -0.496 e. The highest BCUT2D eigenvalue weighted by Crippen LogP contribution is 2.22. The summed E-state index contributed by atoms with van der Waals surface area (Å²) in [5.41, 5.74) is 1.36. The van der Waals surface area contributed by atoms with E-state index >= 15 is 0 Å². The van der Waals surface area contributed by atoms with Crippen LogP contribution in [0.1, 0.15) is 11.1 Å². The molecule has 0 bridgehead atoms. The van der Waals surface area contributed by atoms with Crippen molar-refractivity contribution in [3.05, 3.63) is 29.3 Å². The molecule has 1 saturated heterocycles. The lowest BCUT2D eigenvalue weighted by molar-refractivity contribution is 0.157. The lowest BCUT2D eigenvalue weighted by Crippen LogP contribution is -2.23. The van der Waals surface area contributed by atoms with Crippen LogP contribution in [-0.2, 0) is 11.3 Å². The number of carbonyl (C=O) groups is 1. The van der Waals surface area contributed by atoms with Gasteiger partial charge in [-0.2, -0.15) is 5.26 Å². The second kappa shape index (κ2) is 4.74. The molecule has 0 aliphatic carbocycles. The van der Waals surface area contributed by atoms with E-state index in [1.807, 2.05) is 0 Å². The number of cyclic esters (lactones) is 1. The molecule has 1 aromatic carbocycles. The highest BCUT2D eigenvalue weighted by molar-refractivity contribution is 5.69. The molecule has 5 nitrogen and oxygen atoms in total. The number of methoxy groups -OCH3 is 1. The predicted octanol–water partition coefficient (Wildman–Crippen LogP) is 1.52. The Kier molecular flexibility index (Phi) is 3.15. The third-order valence-corrected chi connectivity index (χ3v) is 2.62. The normalized spacial score (nSPS) is 14.4. The lowest BCUT2D eigenvalue weighted by Gasteiger charge is -2.15. The van der Waals surface area contributed by atoms with Crippen LogP contribution in [-0.4, -0.2) is 31.3 Å². The number of nitrogens with zero attached hydrogens (tertiary/aromatic N) is 2. The quantitative estimate of drug-likeness (QED) is 0.792. The van der Waals surface area contributed by atoms with Crippen molar-refractivity contribution in [2.24, 2.45) is 0 Å². The zero-order chi connectivity index (χ0) is 12.3. The molecular formula is C12H12N2O3. The van der Waals surface area contributed by atoms with Crippen molar-refractivity contribution in [2.75, 3.05) is 20.3 Å². The molecule has 0 unspecified atom stereocenters. The Morgan fingerprint density at radius 2 is 2.41 bits per heavy atom. The van der Waals surface area contributed by atoms with E-state index in [-0.39, 0.29) is 6.09 Å². The van der Waals surface area contributed by atoms with E-state index < -0.39 is 0 Å². The maximum Gasteiger partial charge on any atom is 0.410 e. The van der Waals surface area contributed by atoms with Gasteiger partial charge in [0.05, 0.1) is 31.8 Å². The summed E-state index contributed by atoms with van der Waals surface area (Å²) in [6.45, 7) is 1.38. The first-order valence-electron chi connectivity index (χ1n) is 5.23. The number of carbonyl (C=O) groups excluding carboxylic acids is 1. The van der Waals surface area contributed by atoms with Crippen molar-refractivity contribution in [3.63, 3.8) is 0 Å². The summed E-state index contributed by atoms with van der Waals surface area (Å²) < 4.78 is 10.1. The zero-order valence-electron chi connectivity index (χ0n) is 9.47. The Morgan fingerprint density at radius 3 is 3.00 bits per heavy atom. The van der Waals surface area contributed by atoms with Crippen LogP contribution in [0.3, 0.4) is 0 Å². The molecule has 0 aromatic heterocycles. The number of hydrogen-bond acceptors (Lipinski definition) is 4. The molecule has 88 valence electrons. The molecule has 17 heavy (non-hydrogen) atoms. The predicted molar refractivity (Wildman–Crippen MR) is 59.5 cm³/mol. The fourth-order valence-electron chi connectivity index (χ4n) is 1.75. The van der Waals surface area contributed by atoms with Crippen molar-refractivity contribution in [1.29, 1.82) is 5.26 Å². The molecule has 1 fully saturated rings. The maximum absolute atomic E-state index is 11.3. The van der Waals surface area contributed by atoms with Gasteiger partial charge in [0.25, 0.3) is 0 Å². The standard InChI is InChI=1S/C12H12N2O3/c1-16-11-3-2-9(7-13)6-10(11)8-14-4-5-17-12(14)15/h2-3,6H,4-5,8H2,1H3. The summed E-state index contributed by atoms with van der Waals surface area (Å²) in [7, 11) is 1.56. The molecule has 1 aliphatic heterocycles. The highest BCUT2D eigenvalue weighted by Gasteiger charge is 2.23. The molecule has 2 rings (SSSR count). The fourth-order valence-corrected chi connectivity index (χ4v) is 1.75.